The summed E-state index contributed by atoms with van der Waals surface area (Å²) in [6.45, 7) is 3.54. The van der Waals surface area contributed by atoms with Crippen LogP contribution in [-0.4, -0.2) is 20.2 Å². The lowest BCUT2D eigenvalue weighted by Gasteiger charge is -2.19. The van der Waals surface area contributed by atoms with Gasteiger partial charge in [-0.05, 0) is 61.1 Å². The molecule has 2 aromatic rings. The van der Waals surface area contributed by atoms with Crippen LogP contribution in [0, 0.1) is 5.92 Å². The van der Waals surface area contributed by atoms with E-state index in [9.17, 15) is 18.0 Å². The molecule has 1 aliphatic rings. The van der Waals surface area contributed by atoms with Crippen molar-refractivity contribution < 1.29 is 18.0 Å². The molecule has 0 bridgehead atoms. The zero-order valence-electron chi connectivity index (χ0n) is 15.7. The van der Waals surface area contributed by atoms with E-state index < -0.39 is 15.9 Å². The second-order valence-electron chi connectivity index (χ2n) is 6.84. The van der Waals surface area contributed by atoms with Crippen molar-refractivity contribution >= 4 is 38.9 Å². The standard InChI is InChI=1S/C19H23N3O4S2/c1-3-13-4-9-17-14(10-13)11-18(27-17)19(24)21-22-28(25,26)16-7-5-15(6-8-16)20-12(2)23/h5-8,11,13,22H,3-4,9-10H2,1-2H3,(H,20,23)(H,21,24)/t13-/m0/s1. The average molecular weight is 422 g/mol. The Morgan fingerprint density at radius 3 is 2.57 bits per heavy atom. The molecule has 9 heteroatoms. The third kappa shape index (κ3) is 4.78. The fourth-order valence-corrected chi connectivity index (χ4v) is 5.16. The Bertz CT molecular complexity index is 981. The smallest absolute Gasteiger partial charge is 0.276 e. The molecule has 0 radical (unpaired) electrons. The largest absolute Gasteiger partial charge is 0.326 e. The van der Waals surface area contributed by atoms with Gasteiger partial charge in [-0.2, -0.15) is 0 Å². The van der Waals surface area contributed by atoms with Crippen LogP contribution < -0.4 is 15.6 Å². The Balaban J connectivity index is 1.64. The highest BCUT2D eigenvalue weighted by Crippen LogP contribution is 2.33. The highest BCUT2D eigenvalue weighted by atomic mass is 32.2. The molecular weight excluding hydrogens is 398 g/mol. The quantitative estimate of drug-likeness (QED) is 0.624. The van der Waals surface area contributed by atoms with Crippen LogP contribution in [0.15, 0.2) is 35.2 Å². The van der Waals surface area contributed by atoms with Crippen molar-refractivity contribution in [1.82, 2.24) is 10.3 Å². The predicted octanol–water partition coefficient (Wildman–Crippen LogP) is 2.84. The van der Waals surface area contributed by atoms with Gasteiger partial charge in [-0.15, -0.1) is 16.2 Å². The summed E-state index contributed by atoms with van der Waals surface area (Å²) in [5.74, 6) is -0.0623. The summed E-state index contributed by atoms with van der Waals surface area (Å²) >= 11 is 1.42. The number of hydrazine groups is 1. The van der Waals surface area contributed by atoms with Crippen molar-refractivity contribution in [2.75, 3.05) is 5.32 Å². The Labute approximate surface area is 168 Å². The number of thiophene rings is 1. The molecule has 0 spiro atoms. The van der Waals surface area contributed by atoms with Gasteiger partial charge in [0.1, 0.15) is 0 Å². The molecule has 1 heterocycles. The number of carbonyl (C=O) groups excluding carboxylic acids is 2. The summed E-state index contributed by atoms with van der Waals surface area (Å²) in [4.78, 5) is 27.2. The number of rotatable bonds is 6. The third-order valence-electron chi connectivity index (χ3n) is 4.77. The van der Waals surface area contributed by atoms with Crippen LogP contribution in [0.4, 0.5) is 5.69 Å². The van der Waals surface area contributed by atoms with E-state index in [0.717, 1.165) is 25.7 Å². The van der Waals surface area contributed by atoms with Gasteiger partial charge in [-0.3, -0.25) is 15.0 Å². The molecule has 0 unspecified atom stereocenters. The van der Waals surface area contributed by atoms with E-state index in [2.05, 4.69) is 22.5 Å². The maximum Gasteiger partial charge on any atom is 0.276 e. The molecule has 2 amide bonds. The fourth-order valence-electron chi connectivity index (χ4n) is 3.21. The molecule has 1 aromatic carbocycles. The Kier molecular flexibility index (Phi) is 6.17. The maximum absolute atomic E-state index is 12.4. The van der Waals surface area contributed by atoms with Gasteiger partial charge in [0.25, 0.3) is 15.9 Å². The lowest BCUT2D eigenvalue weighted by molar-refractivity contribution is -0.114. The van der Waals surface area contributed by atoms with E-state index in [-0.39, 0.29) is 10.8 Å². The molecule has 3 N–H and O–H groups in total. The molecule has 150 valence electrons. The molecule has 1 aliphatic carbocycles. The number of sulfonamides is 1. The second kappa shape index (κ2) is 8.42. The molecule has 0 aliphatic heterocycles. The van der Waals surface area contributed by atoms with Gasteiger partial charge in [-0.25, -0.2) is 8.42 Å². The molecule has 0 saturated heterocycles. The first-order valence-electron chi connectivity index (χ1n) is 9.10. The summed E-state index contributed by atoms with van der Waals surface area (Å²) in [6.07, 6.45) is 4.20. The molecule has 1 atom stereocenters. The lowest BCUT2D eigenvalue weighted by Crippen LogP contribution is -2.41. The number of fused-ring (bicyclic) bond motifs is 1. The van der Waals surface area contributed by atoms with Crippen LogP contribution in [0.5, 0.6) is 0 Å². The first-order valence-corrected chi connectivity index (χ1v) is 11.4. The van der Waals surface area contributed by atoms with E-state index >= 15 is 0 Å². The molecular formula is C19H23N3O4S2. The van der Waals surface area contributed by atoms with Gasteiger partial charge < -0.3 is 5.32 Å². The highest BCUT2D eigenvalue weighted by Gasteiger charge is 2.23. The van der Waals surface area contributed by atoms with Crippen LogP contribution in [0.3, 0.4) is 0 Å². The van der Waals surface area contributed by atoms with E-state index in [1.165, 1.54) is 53.0 Å². The zero-order chi connectivity index (χ0) is 20.3. The molecule has 0 saturated carbocycles. The van der Waals surface area contributed by atoms with Gasteiger partial charge in [0, 0.05) is 17.5 Å². The first kappa shape index (κ1) is 20.5. The minimum absolute atomic E-state index is 0.0156. The Morgan fingerprint density at radius 1 is 1.21 bits per heavy atom. The normalized spacial score (nSPS) is 16.3. The minimum Gasteiger partial charge on any atom is -0.326 e. The van der Waals surface area contributed by atoms with Crippen molar-refractivity contribution in [3.63, 3.8) is 0 Å². The number of hydrogen-bond donors (Lipinski definition) is 3. The van der Waals surface area contributed by atoms with E-state index in [0.29, 0.717) is 16.5 Å². The minimum atomic E-state index is -3.91. The van der Waals surface area contributed by atoms with Crippen LogP contribution >= 0.6 is 11.3 Å². The molecule has 7 nitrogen and oxygen atoms in total. The SMILES string of the molecule is CC[C@H]1CCc2sc(C(=O)NNS(=O)(=O)c3ccc(NC(C)=O)cc3)cc2C1. The van der Waals surface area contributed by atoms with Crippen molar-refractivity contribution in [3.05, 3.63) is 45.6 Å². The summed E-state index contributed by atoms with van der Waals surface area (Å²) in [7, 11) is -3.91. The number of benzene rings is 1. The monoisotopic (exact) mass is 421 g/mol. The number of amides is 2. The second-order valence-corrected chi connectivity index (χ2v) is 9.66. The number of aryl methyl sites for hydroxylation is 1. The van der Waals surface area contributed by atoms with Crippen molar-refractivity contribution in [1.29, 1.82) is 0 Å². The summed E-state index contributed by atoms with van der Waals surface area (Å²) in [5, 5.41) is 2.56. The van der Waals surface area contributed by atoms with E-state index in [1.54, 1.807) is 0 Å². The summed E-state index contributed by atoms with van der Waals surface area (Å²) in [6, 6.07) is 7.54. The van der Waals surface area contributed by atoms with Crippen molar-refractivity contribution in [2.24, 2.45) is 5.92 Å². The number of carbonyl (C=O) groups is 2. The van der Waals surface area contributed by atoms with Gasteiger partial charge in [0.2, 0.25) is 5.91 Å². The third-order valence-corrected chi connectivity index (χ3v) is 7.27. The van der Waals surface area contributed by atoms with Gasteiger partial charge >= 0.3 is 0 Å². The number of nitrogens with one attached hydrogen (secondary N) is 3. The molecule has 3 rings (SSSR count). The van der Waals surface area contributed by atoms with E-state index in [1.807, 2.05) is 6.07 Å². The summed E-state index contributed by atoms with van der Waals surface area (Å²) in [5.41, 5.74) is 3.97. The molecule has 0 fully saturated rings. The molecule has 28 heavy (non-hydrogen) atoms. The predicted molar refractivity (Wildman–Crippen MR) is 109 cm³/mol. The summed E-state index contributed by atoms with van der Waals surface area (Å²) < 4.78 is 24.7. The Hall–Kier alpha value is -2.23. The van der Waals surface area contributed by atoms with E-state index in [4.69, 9.17) is 0 Å². The van der Waals surface area contributed by atoms with Crippen LogP contribution in [0.25, 0.3) is 0 Å². The average Bonchev–Trinajstić information content (AvgIpc) is 3.09. The van der Waals surface area contributed by atoms with Crippen molar-refractivity contribution in [2.45, 2.75) is 44.4 Å². The van der Waals surface area contributed by atoms with Crippen LogP contribution in [-0.2, 0) is 27.7 Å². The first-order chi connectivity index (χ1) is 13.3. The van der Waals surface area contributed by atoms with Gasteiger partial charge in [-0.1, -0.05) is 13.3 Å². The van der Waals surface area contributed by atoms with Crippen LogP contribution in [0.2, 0.25) is 0 Å². The van der Waals surface area contributed by atoms with Crippen molar-refractivity contribution in [3.8, 4) is 0 Å². The topological polar surface area (TPSA) is 104 Å². The molecule has 1 aromatic heterocycles. The van der Waals surface area contributed by atoms with Gasteiger partial charge in [0.05, 0.1) is 9.77 Å². The van der Waals surface area contributed by atoms with Gasteiger partial charge in [0.15, 0.2) is 0 Å². The Morgan fingerprint density at radius 2 is 1.93 bits per heavy atom. The van der Waals surface area contributed by atoms with Crippen LogP contribution in [0.1, 0.15) is 46.8 Å². The maximum atomic E-state index is 12.4. The zero-order valence-corrected chi connectivity index (χ0v) is 17.4. The highest BCUT2D eigenvalue weighted by molar-refractivity contribution is 7.89. The number of hydrogen-bond acceptors (Lipinski definition) is 5. The lowest BCUT2D eigenvalue weighted by atomic mass is 9.87. The number of anilines is 1. The fraction of sp³-hybridized carbons (Fsp3) is 0.368.